The molecule has 2 heterocycles. The predicted octanol–water partition coefficient (Wildman–Crippen LogP) is 1.85. The van der Waals surface area contributed by atoms with E-state index >= 15 is 0 Å². The Bertz CT molecular complexity index is 549. The monoisotopic (exact) mass is 290 g/mol. The molecule has 2 aliphatic heterocycles. The highest BCUT2D eigenvalue weighted by molar-refractivity contribution is 5.91. The maximum atomic E-state index is 12.3. The number of carbonyl (C=O) groups is 2. The predicted molar refractivity (Wildman–Crippen MR) is 76.7 cm³/mol. The van der Waals surface area contributed by atoms with Gasteiger partial charge in [-0.2, -0.15) is 0 Å². The summed E-state index contributed by atoms with van der Waals surface area (Å²) in [6, 6.07) is 6.29. The first kappa shape index (κ1) is 13.9. The standard InChI is InChI=1S/C15H18N2O4/c18-13(19)11-1-3-12(4-2-11)17-10-7-15(21-14(17)20)5-8-16-9-6-15/h1-4,16H,5-10H2,(H,18,19). The van der Waals surface area contributed by atoms with Crippen LogP contribution in [-0.4, -0.2) is 42.4 Å². The van der Waals surface area contributed by atoms with Gasteiger partial charge in [0.25, 0.3) is 0 Å². The second-order valence-electron chi connectivity index (χ2n) is 5.55. The third-order valence-electron chi connectivity index (χ3n) is 4.26. The summed E-state index contributed by atoms with van der Waals surface area (Å²) in [7, 11) is 0. The number of ether oxygens (including phenoxy) is 1. The highest BCUT2D eigenvalue weighted by Crippen LogP contribution is 2.33. The van der Waals surface area contributed by atoms with Crippen molar-refractivity contribution in [1.82, 2.24) is 5.32 Å². The minimum absolute atomic E-state index is 0.207. The number of nitrogens with one attached hydrogen (secondary N) is 1. The zero-order valence-electron chi connectivity index (χ0n) is 11.7. The molecule has 21 heavy (non-hydrogen) atoms. The van der Waals surface area contributed by atoms with Gasteiger partial charge in [0.05, 0.1) is 5.56 Å². The van der Waals surface area contributed by atoms with Crippen LogP contribution in [0.15, 0.2) is 24.3 Å². The van der Waals surface area contributed by atoms with E-state index in [4.69, 9.17) is 9.84 Å². The molecule has 0 unspecified atom stereocenters. The number of nitrogens with zero attached hydrogens (tertiary/aromatic N) is 1. The second kappa shape index (κ2) is 5.37. The van der Waals surface area contributed by atoms with Crippen LogP contribution >= 0.6 is 0 Å². The fourth-order valence-electron chi connectivity index (χ4n) is 2.95. The van der Waals surface area contributed by atoms with Gasteiger partial charge in [0, 0.05) is 18.7 Å². The summed E-state index contributed by atoms with van der Waals surface area (Å²) in [6.45, 7) is 2.35. The number of carboxylic acids is 1. The average Bonchev–Trinajstić information content (AvgIpc) is 2.48. The van der Waals surface area contributed by atoms with Crippen LogP contribution in [0.25, 0.3) is 0 Å². The second-order valence-corrected chi connectivity index (χ2v) is 5.55. The van der Waals surface area contributed by atoms with Crippen LogP contribution in [-0.2, 0) is 4.74 Å². The van der Waals surface area contributed by atoms with Crippen LogP contribution in [0.4, 0.5) is 10.5 Å². The van der Waals surface area contributed by atoms with Gasteiger partial charge in [-0.1, -0.05) is 0 Å². The Balaban J connectivity index is 1.73. The van der Waals surface area contributed by atoms with Crippen molar-refractivity contribution in [3.8, 4) is 0 Å². The third-order valence-corrected chi connectivity index (χ3v) is 4.26. The van der Waals surface area contributed by atoms with Crippen molar-refractivity contribution in [2.24, 2.45) is 0 Å². The summed E-state index contributed by atoms with van der Waals surface area (Å²) < 4.78 is 5.69. The van der Waals surface area contributed by atoms with Crippen molar-refractivity contribution in [1.29, 1.82) is 0 Å². The molecule has 0 aliphatic carbocycles. The molecular formula is C15H18N2O4. The van der Waals surface area contributed by atoms with Crippen molar-refractivity contribution in [3.63, 3.8) is 0 Å². The number of carbonyl (C=O) groups excluding carboxylic acids is 1. The molecule has 0 saturated carbocycles. The summed E-state index contributed by atoms with van der Waals surface area (Å²) in [4.78, 5) is 24.7. The van der Waals surface area contributed by atoms with Gasteiger partial charge in [-0.3, -0.25) is 4.90 Å². The van der Waals surface area contributed by atoms with E-state index in [0.717, 1.165) is 32.4 Å². The highest BCUT2D eigenvalue weighted by Gasteiger charge is 2.41. The Morgan fingerprint density at radius 1 is 1.19 bits per heavy atom. The van der Waals surface area contributed by atoms with Crippen molar-refractivity contribution >= 4 is 17.7 Å². The average molecular weight is 290 g/mol. The number of amides is 1. The number of benzene rings is 1. The summed E-state index contributed by atoms with van der Waals surface area (Å²) in [5.74, 6) is -0.976. The molecule has 2 N–H and O–H groups in total. The van der Waals surface area contributed by atoms with Crippen LogP contribution in [0.1, 0.15) is 29.6 Å². The number of hydrogen-bond donors (Lipinski definition) is 2. The molecule has 112 valence electrons. The molecular weight excluding hydrogens is 272 g/mol. The first-order chi connectivity index (χ1) is 10.1. The Labute approximate surface area is 122 Å². The third kappa shape index (κ3) is 2.71. The molecule has 0 aromatic heterocycles. The zero-order chi connectivity index (χ0) is 14.9. The van der Waals surface area contributed by atoms with Gasteiger partial charge in [-0.05, 0) is 50.2 Å². The maximum absolute atomic E-state index is 12.3. The summed E-state index contributed by atoms with van der Waals surface area (Å²) in [6.07, 6.45) is 2.17. The minimum Gasteiger partial charge on any atom is -0.478 e. The molecule has 1 aromatic rings. The number of anilines is 1. The van der Waals surface area contributed by atoms with Gasteiger partial charge in [-0.15, -0.1) is 0 Å². The fraction of sp³-hybridized carbons (Fsp3) is 0.467. The zero-order valence-corrected chi connectivity index (χ0v) is 11.7. The van der Waals surface area contributed by atoms with Gasteiger partial charge in [0.15, 0.2) is 0 Å². The van der Waals surface area contributed by atoms with Crippen LogP contribution in [0, 0.1) is 0 Å². The van der Waals surface area contributed by atoms with Gasteiger partial charge in [-0.25, -0.2) is 9.59 Å². The molecule has 2 fully saturated rings. The lowest BCUT2D eigenvalue weighted by Gasteiger charge is -2.43. The molecule has 2 saturated heterocycles. The van der Waals surface area contributed by atoms with E-state index in [1.807, 2.05) is 0 Å². The first-order valence-electron chi connectivity index (χ1n) is 7.14. The molecule has 0 atom stereocenters. The largest absolute Gasteiger partial charge is 0.478 e. The maximum Gasteiger partial charge on any atom is 0.414 e. The molecule has 1 aromatic carbocycles. The number of piperidine rings is 1. The normalized spacial score (nSPS) is 21.1. The van der Waals surface area contributed by atoms with Crippen molar-refractivity contribution in [2.45, 2.75) is 24.9 Å². The van der Waals surface area contributed by atoms with Gasteiger partial charge in [0.2, 0.25) is 0 Å². The van der Waals surface area contributed by atoms with Gasteiger partial charge >= 0.3 is 12.1 Å². The lowest BCUT2D eigenvalue weighted by molar-refractivity contribution is -0.0261. The van der Waals surface area contributed by atoms with E-state index in [0.29, 0.717) is 12.2 Å². The smallest absolute Gasteiger partial charge is 0.414 e. The van der Waals surface area contributed by atoms with Gasteiger partial charge in [0.1, 0.15) is 5.60 Å². The Hall–Kier alpha value is -2.08. The van der Waals surface area contributed by atoms with Gasteiger partial charge < -0.3 is 15.2 Å². The molecule has 1 spiro atoms. The van der Waals surface area contributed by atoms with E-state index in [1.165, 1.54) is 12.1 Å². The first-order valence-corrected chi connectivity index (χ1v) is 7.14. The van der Waals surface area contributed by atoms with E-state index in [2.05, 4.69) is 5.32 Å². The van der Waals surface area contributed by atoms with E-state index in [-0.39, 0.29) is 17.3 Å². The van der Waals surface area contributed by atoms with Crippen LogP contribution in [0.5, 0.6) is 0 Å². The van der Waals surface area contributed by atoms with E-state index < -0.39 is 5.97 Å². The number of carboxylic acid groups (broad SMARTS) is 1. The summed E-state index contributed by atoms with van der Waals surface area (Å²) in [5.41, 5.74) is 0.563. The SMILES string of the molecule is O=C(O)c1ccc(N2CCC3(CCNCC3)OC2=O)cc1. The molecule has 3 rings (SSSR count). The Kier molecular flexibility index (Phi) is 3.55. The number of aromatic carboxylic acids is 1. The quantitative estimate of drug-likeness (QED) is 0.869. The molecule has 2 aliphatic rings. The van der Waals surface area contributed by atoms with Crippen molar-refractivity contribution in [3.05, 3.63) is 29.8 Å². The molecule has 1 amide bonds. The van der Waals surface area contributed by atoms with Crippen molar-refractivity contribution < 1.29 is 19.4 Å². The lowest BCUT2D eigenvalue weighted by Crippen LogP contribution is -2.54. The topological polar surface area (TPSA) is 78.9 Å². The summed E-state index contributed by atoms with van der Waals surface area (Å²) >= 11 is 0. The number of hydrogen-bond acceptors (Lipinski definition) is 4. The van der Waals surface area contributed by atoms with E-state index in [9.17, 15) is 9.59 Å². The lowest BCUT2D eigenvalue weighted by atomic mass is 9.87. The minimum atomic E-state index is -0.976. The molecule has 6 heteroatoms. The Morgan fingerprint density at radius 2 is 1.86 bits per heavy atom. The molecule has 0 radical (unpaired) electrons. The summed E-state index contributed by atoms with van der Waals surface area (Å²) in [5, 5.41) is 12.2. The van der Waals surface area contributed by atoms with Crippen LogP contribution in [0.3, 0.4) is 0 Å². The molecule has 0 bridgehead atoms. The van der Waals surface area contributed by atoms with E-state index in [1.54, 1.807) is 17.0 Å². The van der Waals surface area contributed by atoms with Crippen molar-refractivity contribution in [2.75, 3.05) is 24.5 Å². The van der Waals surface area contributed by atoms with Crippen LogP contribution in [0.2, 0.25) is 0 Å². The highest BCUT2D eigenvalue weighted by atomic mass is 16.6. The molecule has 6 nitrogen and oxygen atoms in total. The fourth-order valence-corrected chi connectivity index (χ4v) is 2.95. The van der Waals surface area contributed by atoms with Crippen LogP contribution < -0.4 is 10.2 Å². The number of rotatable bonds is 2. The Morgan fingerprint density at radius 3 is 2.43 bits per heavy atom.